The normalized spacial score (nSPS) is 22.9. The van der Waals surface area contributed by atoms with Crippen molar-refractivity contribution in [3.63, 3.8) is 0 Å². The third-order valence-electron chi connectivity index (χ3n) is 3.25. The summed E-state index contributed by atoms with van der Waals surface area (Å²) < 4.78 is 24.7. The third-order valence-corrected chi connectivity index (χ3v) is 4.95. The van der Waals surface area contributed by atoms with Crippen LogP contribution in [-0.2, 0) is 15.8 Å². The molecule has 3 nitrogen and oxygen atoms in total. The molecule has 3 rings (SSSR count). The molecule has 1 aromatic rings. The Morgan fingerprint density at radius 1 is 1.33 bits per heavy atom. The first-order chi connectivity index (χ1) is 7.08. The highest BCUT2D eigenvalue weighted by Gasteiger charge is 2.32. The van der Waals surface area contributed by atoms with Crippen LogP contribution in [0.1, 0.15) is 29.9 Å². The topological polar surface area (TPSA) is 37.4 Å². The van der Waals surface area contributed by atoms with Gasteiger partial charge in [-0.15, -0.1) is 0 Å². The minimum absolute atomic E-state index is 0.166. The van der Waals surface area contributed by atoms with Crippen LogP contribution in [-0.4, -0.2) is 15.5 Å². The van der Waals surface area contributed by atoms with Gasteiger partial charge in [-0.3, -0.25) is 4.31 Å². The van der Waals surface area contributed by atoms with E-state index in [1.807, 2.05) is 6.07 Å². The molecule has 1 aliphatic heterocycles. The largest absolute Gasteiger partial charge is 0.273 e. The van der Waals surface area contributed by atoms with Crippen molar-refractivity contribution in [3.8, 4) is 0 Å². The number of nitrogens with zero attached hydrogens (tertiary/aromatic N) is 1. The molecule has 0 atom stereocenters. The van der Waals surface area contributed by atoms with E-state index in [-0.39, 0.29) is 5.75 Å². The summed E-state index contributed by atoms with van der Waals surface area (Å²) in [6.07, 6.45) is 2.50. The maximum atomic E-state index is 11.6. The van der Waals surface area contributed by atoms with Crippen molar-refractivity contribution in [2.24, 2.45) is 0 Å². The van der Waals surface area contributed by atoms with Gasteiger partial charge < -0.3 is 0 Å². The molecule has 1 fully saturated rings. The first kappa shape index (κ1) is 9.21. The first-order valence-corrected chi connectivity index (χ1v) is 6.78. The predicted octanol–water partition coefficient (Wildman–Crippen LogP) is 1.84. The molecular formula is C11H13NO2S. The molecule has 0 aromatic heterocycles. The molecule has 0 bridgehead atoms. The van der Waals surface area contributed by atoms with Crippen molar-refractivity contribution in [2.75, 3.05) is 11.4 Å². The van der Waals surface area contributed by atoms with E-state index in [2.05, 4.69) is 12.1 Å². The van der Waals surface area contributed by atoms with Crippen molar-refractivity contribution in [1.82, 2.24) is 0 Å². The van der Waals surface area contributed by atoms with Crippen molar-refractivity contribution in [3.05, 3.63) is 29.3 Å². The zero-order chi connectivity index (χ0) is 10.6. The Hall–Kier alpha value is -1.03. The fourth-order valence-electron chi connectivity index (χ4n) is 2.14. The minimum atomic E-state index is -3.07. The quantitative estimate of drug-likeness (QED) is 0.728. The fraction of sp³-hybridized carbons (Fsp3) is 0.455. The van der Waals surface area contributed by atoms with Gasteiger partial charge in [-0.05, 0) is 36.0 Å². The standard InChI is InChI=1S/C11H13NO2S/c1-12-11-5-4-9(8-2-3-8)6-10(11)7-15(12,13)14/h4-6,8H,2-3,7H2,1H3. The molecule has 1 saturated carbocycles. The molecule has 0 unspecified atom stereocenters. The Morgan fingerprint density at radius 2 is 2.07 bits per heavy atom. The zero-order valence-electron chi connectivity index (χ0n) is 8.60. The average molecular weight is 223 g/mol. The average Bonchev–Trinajstić information content (AvgIpc) is 2.96. The van der Waals surface area contributed by atoms with Gasteiger partial charge in [0, 0.05) is 7.05 Å². The van der Waals surface area contributed by atoms with Crippen LogP contribution in [0.3, 0.4) is 0 Å². The van der Waals surface area contributed by atoms with Gasteiger partial charge in [0.2, 0.25) is 10.0 Å². The molecule has 0 spiro atoms. The lowest BCUT2D eigenvalue weighted by molar-refractivity contribution is 0.596. The van der Waals surface area contributed by atoms with E-state index in [1.54, 1.807) is 7.05 Å². The number of hydrogen-bond donors (Lipinski definition) is 0. The summed E-state index contributed by atoms with van der Waals surface area (Å²) >= 11 is 0. The van der Waals surface area contributed by atoms with E-state index in [0.717, 1.165) is 11.3 Å². The van der Waals surface area contributed by atoms with Crippen molar-refractivity contribution < 1.29 is 8.42 Å². The lowest BCUT2D eigenvalue weighted by Gasteiger charge is -2.11. The fourth-order valence-corrected chi connectivity index (χ4v) is 3.44. The van der Waals surface area contributed by atoms with Gasteiger partial charge in [-0.2, -0.15) is 0 Å². The van der Waals surface area contributed by atoms with Crippen molar-refractivity contribution in [2.45, 2.75) is 24.5 Å². The smallest absolute Gasteiger partial charge is 0.239 e. The number of hydrogen-bond acceptors (Lipinski definition) is 2. The van der Waals surface area contributed by atoms with Gasteiger partial charge >= 0.3 is 0 Å². The van der Waals surface area contributed by atoms with Crippen LogP contribution in [0.4, 0.5) is 5.69 Å². The Bertz CT molecular complexity index is 517. The van der Waals surface area contributed by atoms with Crippen LogP contribution in [0.25, 0.3) is 0 Å². The van der Waals surface area contributed by atoms with E-state index in [1.165, 1.54) is 22.7 Å². The van der Waals surface area contributed by atoms with Crippen LogP contribution < -0.4 is 4.31 Å². The summed E-state index contributed by atoms with van der Waals surface area (Å²) in [6.45, 7) is 0. The number of sulfonamides is 1. The number of fused-ring (bicyclic) bond motifs is 1. The molecule has 1 aromatic carbocycles. The van der Waals surface area contributed by atoms with E-state index in [9.17, 15) is 8.42 Å². The van der Waals surface area contributed by atoms with Gasteiger partial charge in [0.25, 0.3) is 0 Å². The highest BCUT2D eigenvalue weighted by molar-refractivity contribution is 7.92. The van der Waals surface area contributed by atoms with Gasteiger partial charge in [-0.1, -0.05) is 12.1 Å². The number of anilines is 1. The van der Waals surface area contributed by atoms with Gasteiger partial charge in [0.15, 0.2) is 0 Å². The Balaban J connectivity index is 2.09. The molecule has 1 heterocycles. The molecule has 0 saturated heterocycles. The second-order valence-electron chi connectivity index (χ2n) is 4.39. The summed E-state index contributed by atoms with van der Waals surface area (Å²) in [4.78, 5) is 0. The second-order valence-corrected chi connectivity index (χ2v) is 6.39. The van der Waals surface area contributed by atoms with Crippen LogP contribution >= 0.6 is 0 Å². The monoisotopic (exact) mass is 223 g/mol. The Labute approximate surface area is 89.8 Å². The summed E-state index contributed by atoms with van der Waals surface area (Å²) in [5.41, 5.74) is 3.11. The highest BCUT2D eigenvalue weighted by Crippen LogP contribution is 2.43. The maximum Gasteiger partial charge on any atom is 0.239 e. The van der Waals surface area contributed by atoms with Gasteiger partial charge in [0.1, 0.15) is 0 Å². The lowest BCUT2D eigenvalue weighted by Crippen LogP contribution is -2.20. The predicted molar refractivity (Wildman–Crippen MR) is 59.4 cm³/mol. The SMILES string of the molecule is CN1c2ccc(C3CC3)cc2CS1(=O)=O. The molecule has 0 N–H and O–H groups in total. The highest BCUT2D eigenvalue weighted by atomic mass is 32.2. The second kappa shape index (κ2) is 2.76. The molecule has 4 heteroatoms. The first-order valence-electron chi connectivity index (χ1n) is 5.17. The Kier molecular flexibility index (Phi) is 1.69. The molecule has 1 aliphatic carbocycles. The molecule has 2 aliphatic rings. The molecular weight excluding hydrogens is 210 g/mol. The minimum Gasteiger partial charge on any atom is -0.273 e. The maximum absolute atomic E-state index is 11.6. The summed E-state index contributed by atoms with van der Waals surface area (Å²) in [5, 5.41) is 0. The molecule has 80 valence electrons. The lowest BCUT2D eigenvalue weighted by atomic mass is 10.1. The summed E-state index contributed by atoms with van der Waals surface area (Å²) in [7, 11) is -1.45. The number of benzene rings is 1. The third kappa shape index (κ3) is 1.35. The van der Waals surface area contributed by atoms with Crippen molar-refractivity contribution in [1.29, 1.82) is 0 Å². The molecule has 0 amide bonds. The van der Waals surface area contributed by atoms with E-state index < -0.39 is 10.0 Å². The number of rotatable bonds is 1. The molecule has 0 radical (unpaired) electrons. The van der Waals surface area contributed by atoms with Crippen molar-refractivity contribution >= 4 is 15.7 Å². The molecule has 15 heavy (non-hydrogen) atoms. The van der Waals surface area contributed by atoms with E-state index in [4.69, 9.17) is 0 Å². The summed E-state index contributed by atoms with van der Waals surface area (Å²) in [5.74, 6) is 0.850. The van der Waals surface area contributed by atoms with E-state index in [0.29, 0.717) is 5.92 Å². The zero-order valence-corrected chi connectivity index (χ0v) is 9.42. The van der Waals surface area contributed by atoms with Crippen LogP contribution in [0, 0.1) is 0 Å². The summed E-state index contributed by atoms with van der Waals surface area (Å²) in [6, 6.07) is 6.06. The van der Waals surface area contributed by atoms with Crippen LogP contribution in [0.5, 0.6) is 0 Å². The van der Waals surface area contributed by atoms with Gasteiger partial charge in [-0.25, -0.2) is 8.42 Å². The van der Waals surface area contributed by atoms with Gasteiger partial charge in [0.05, 0.1) is 11.4 Å². The Morgan fingerprint density at radius 3 is 2.73 bits per heavy atom. The van der Waals surface area contributed by atoms with Crippen LogP contribution in [0.15, 0.2) is 18.2 Å². The van der Waals surface area contributed by atoms with E-state index >= 15 is 0 Å². The van der Waals surface area contributed by atoms with Crippen LogP contribution in [0.2, 0.25) is 0 Å².